The number of anilines is 3. The Kier molecular flexibility index (Phi) is 8.63. The predicted molar refractivity (Wildman–Crippen MR) is 226 cm³/mol. The number of para-hydroxylation sites is 3. The first-order valence-corrected chi connectivity index (χ1v) is 18.6. The standard InChI is InChI=1S/C51H40N2/c1-2-13-42-36-46(52(43-16-7-4-8-17-43)44-30-26-39(27-31-44)37-14-5-3-6-15-37)34-35-47(42)41-24-22-38(23-25-41)40-28-32-45(33-29-40)53-50-20-11-9-18-48(50)49-19-10-12-21-51(49)53/h3-12,14-36H,2,13H2,1H3. The highest BCUT2D eigenvalue weighted by Gasteiger charge is 2.16. The number of hydrogen-bond donors (Lipinski definition) is 0. The zero-order valence-corrected chi connectivity index (χ0v) is 29.9. The number of fused-ring (bicyclic) bond motifs is 3. The molecule has 1 aromatic heterocycles. The summed E-state index contributed by atoms with van der Waals surface area (Å²) >= 11 is 0. The summed E-state index contributed by atoms with van der Waals surface area (Å²) in [6.45, 7) is 2.26. The monoisotopic (exact) mass is 680 g/mol. The number of rotatable bonds is 9. The highest BCUT2D eigenvalue weighted by atomic mass is 15.1. The van der Waals surface area contributed by atoms with Gasteiger partial charge in [0, 0.05) is 33.5 Å². The van der Waals surface area contributed by atoms with Crippen LogP contribution in [0.3, 0.4) is 0 Å². The lowest BCUT2D eigenvalue weighted by Crippen LogP contribution is -2.10. The minimum Gasteiger partial charge on any atom is -0.310 e. The van der Waals surface area contributed by atoms with E-state index in [0.717, 1.165) is 29.9 Å². The van der Waals surface area contributed by atoms with Crippen LogP contribution in [0.4, 0.5) is 17.1 Å². The van der Waals surface area contributed by atoms with Gasteiger partial charge < -0.3 is 9.47 Å². The van der Waals surface area contributed by atoms with Crippen molar-refractivity contribution in [1.82, 2.24) is 4.57 Å². The molecule has 254 valence electrons. The Balaban J connectivity index is 1.02. The Bertz CT molecular complexity index is 2580. The van der Waals surface area contributed by atoms with E-state index in [1.165, 1.54) is 66.4 Å². The summed E-state index contributed by atoms with van der Waals surface area (Å²) < 4.78 is 2.37. The van der Waals surface area contributed by atoms with Crippen LogP contribution in [0.1, 0.15) is 18.9 Å². The second kappa shape index (κ2) is 14.2. The first-order chi connectivity index (χ1) is 26.2. The van der Waals surface area contributed by atoms with Crippen LogP contribution >= 0.6 is 0 Å². The molecule has 0 aliphatic carbocycles. The van der Waals surface area contributed by atoms with Crippen molar-refractivity contribution in [2.24, 2.45) is 0 Å². The molecule has 9 aromatic rings. The molecular formula is C51H40N2. The van der Waals surface area contributed by atoms with E-state index in [2.05, 4.69) is 217 Å². The van der Waals surface area contributed by atoms with Gasteiger partial charge in [0.1, 0.15) is 0 Å². The van der Waals surface area contributed by atoms with Crippen molar-refractivity contribution in [1.29, 1.82) is 0 Å². The summed E-state index contributed by atoms with van der Waals surface area (Å²) in [5.41, 5.74) is 15.8. The number of aryl methyl sites for hydroxylation is 1. The lowest BCUT2D eigenvalue weighted by Gasteiger charge is -2.27. The zero-order chi connectivity index (χ0) is 35.6. The van der Waals surface area contributed by atoms with Gasteiger partial charge in [0.25, 0.3) is 0 Å². The van der Waals surface area contributed by atoms with E-state index >= 15 is 0 Å². The zero-order valence-electron chi connectivity index (χ0n) is 29.9. The third kappa shape index (κ3) is 6.19. The maximum absolute atomic E-state index is 2.39. The predicted octanol–water partition coefficient (Wildman–Crippen LogP) is 14.2. The van der Waals surface area contributed by atoms with E-state index in [1.54, 1.807) is 0 Å². The molecular weight excluding hydrogens is 641 g/mol. The van der Waals surface area contributed by atoms with Crippen LogP contribution in [0.5, 0.6) is 0 Å². The van der Waals surface area contributed by atoms with Crippen molar-refractivity contribution in [3.8, 4) is 39.1 Å². The molecule has 0 radical (unpaired) electrons. The fourth-order valence-corrected chi connectivity index (χ4v) is 7.78. The van der Waals surface area contributed by atoms with E-state index in [-0.39, 0.29) is 0 Å². The first kappa shape index (κ1) is 32.3. The van der Waals surface area contributed by atoms with Crippen molar-refractivity contribution in [3.05, 3.63) is 206 Å². The molecule has 0 amide bonds. The van der Waals surface area contributed by atoms with Crippen molar-refractivity contribution in [3.63, 3.8) is 0 Å². The van der Waals surface area contributed by atoms with Gasteiger partial charge in [-0.05, 0) is 106 Å². The fraction of sp³-hybridized carbons (Fsp3) is 0.0588. The van der Waals surface area contributed by atoms with Gasteiger partial charge in [0.2, 0.25) is 0 Å². The number of nitrogens with zero attached hydrogens (tertiary/aromatic N) is 2. The molecule has 2 heteroatoms. The molecule has 0 N–H and O–H groups in total. The molecule has 53 heavy (non-hydrogen) atoms. The van der Waals surface area contributed by atoms with Gasteiger partial charge in [-0.2, -0.15) is 0 Å². The molecule has 0 atom stereocenters. The molecule has 2 nitrogen and oxygen atoms in total. The van der Waals surface area contributed by atoms with Crippen LogP contribution in [0.2, 0.25) is 0 Å². The molecule has 0 aliphatic rings. The van der Waals surface area contributed by atoms with Crippen molar-refractivity contribution in [2.75, 3.05) is 4.90 Å². The topological polar surface area (TPSA) is 8.17 Å². The minimum atomic E-state index is 1.00. The van der Waals surface area contributed by atoms with E-state index < -0.39 is 0 Å². The van der Waals surface area contributed by atoms with Crippen molar-refractivity contribution < 1.29 is 0 Å². The van der Waals surface area contributed by atoms with E-state index in [4.69, 9.17) is 0 Å². The maximum Gasteiger partial charge on any atom is 0.0541 e. The highest BCUT2D eigenvalue weighted by Crippen LogP contribution is 2.39. The lowest BCUT2D eigenvalue weighted by molar-refractivity contribution is 0.923. The molecule has 0 saturated heterocycles. The van der Waals surface area contributed by atoms with Gasteiger partial charge in [-0.3, -0.25) is 0 Å². The van der Waals surface area contributed by atoms with Crippen molar-refractivity contribution >= 4 is 38.9 Å². The third-order valence-electron chi connectivity index (χ3n) is 10.3. The molecule has 0 aliphatic heterocycles. The molecule has 0 fully saturated rings. The molecule has 0 unspecified atom stereocenters. The Labute approximate surface area is 311 Å². The third-order valence-corrected chi connectivity index (χ3v) is 10.3. The van der Waals surface area contributed by atoms with Crippen molar-refractivity contribution in [2.45, 2.75) is 19.8 Å². The Morgan fingerprint density at radius 3 is 1.45 bits per heavy atom. The Morgan fingerprint density at radius 1 is 0.396 bits per heavy atom. The summed E-state index contributed by atoms with van der Waals surface area (Å²) in [6.07, 6.45) is 2.08. The summed E-state index contributed by atoms with van der Waals surface area (Å²) in [5, 5.41) is 2.56. The quantitative estimate of drug-likeness (QED) is 0.147. The number of benzene rings is 8. The maximum atomic E-state index is 2.39. The number of aromatic nitrogens is 1. The summed E-state index contributed by atoms with van der Waals surface area (Å²) in [7, 11) is 0. The van der Waals surface area contributed by atoms with Crippen LogP contribution < -0.4 is 4.90 Å². The summed E-state index contributed by atoms with van der Waals surface area (Å²) in [5.74, 6) is 0. The Morgan fingerprint density at radius 2 is 0.849 bits per heavy atom. The second-order valence-corrected chi connectivity index (χ2v) is 13.7. The molecule has 0 spiro atoms. The minimum absolute atomic E-state index is 1.00. The molecule has 0 bridgehead atoms. The normalized spacial score (nSPS) is 11.3. The van der Waals surface area contributed by atoms with E-state index in [0.29, 0.717) is 0 Å². The van der Waals surface area contributed by atoms with Gasteiger partial charge in [0.15, 0.2) is 0 Å². The smallest absolute Gasteiger partial charge is 0.0541 e. The van der Waals surface area contributed by atoms with Gasteiger partial charge in [-0.15, -0.1) is 0 Å². The molecule has 8 aromatic carbocycles. The van der Waals surface area contributed by atoms with Crippen LogP contribution in [0.25, 0.3) is 60.9 Å². The van der Waals surface area contributed by atoms with E-state index in [1.807, 2.05) is 0 Å². The summed E-state index contributed by atoms with van der Waals surface area (Å²) in [4.78, 5) is 2.36. The van der Waals surface area contributed by atoms with Crippen LogP contribution in [0, 0.1) is 0 Å². The highest BCUT2D eigenvalue weighted by molar-refractivity contribution is 6.09. The first-order valence-electron chi connectivity index (χ1n) is 18.6. The molecule has 1 heterocycles. The fourth-order valence-electron chi connectivity index (χ4n) is 7.78. The second-order valence-electron chi connectivity index (χ2n) is 13.7. The van der Waals surface area contributed by atoms with Crippen LogP contribution in [-0.4, -0.2) is 4.57 Å². The SMILES string of the molecule is CCCc1cc(N(c2ccccc2)c2ccc(-c3ccccc3)cc2)ccc1-c1ccc(-c2ccc(-n3c4ccccc4c4ccccc43)cc2)cc1. The molecule has 0 saturated carbocycles. The average Bonchev–Trinajstić information content (AvgIpc) is 3.57. The van der Waals surface area contributed by atoms with Gasteiger partial charge >= 0.3 is 0 Å². The number of hydrogen-bond acceptors (Lipinski definition) is 1. The van der Waals surface area contributed by atoms with E-state index in [9.17, 15) is 0 Å². The Hall–Kier alpha value is -6.64. The summed E-state index contributed by atoms with van der Waals surface area (Å²) in [6, 6.07) is 72.5. The van der Waals surface area contributed by atoms with Gasteiger partial charge in [-0.25, -0.2) is 0 Å². The largest absolute Gasteiger partial charge is 0.310 e. The molecule has 9 rings (SSSR count). The van der Waals surface area contributed by atoms with Crippen LogP contribution in [0.15, 0.2) is 200 Å². The average molecular weight is 681 g/mol. The van der Waals surface area contributed by atoms with Gasteiger partial charge in [-0.1, -0.05) is 153 Å². The van der Waals surface area contributed by atoms with Gasteiger partial charge in [0.05, 0.1) is 11.0 Å². The van der Waals surface area contributed by atoms with Crippen LogP contribution in [-0.2, 0) is 6.42 Å². The lowest BCUT2D eigenvalue weighted by atomic mass is 9.94.